The number of carbonyl (C=O) groups is 1. The number of para-hydroxylation sites is 1. The van der Waals surface area contributed by atoms with Crippen LogP contribution in [0.5, 0.6) is 11.6 Å². The molecule has 1 aromatic heterocycles. The van der Waals surface area contributed by atoms with Crippen LogP contribution in [0.1, 0.15) is 31.0 Å². The quantitative estimate of drug-likeness (QED) is 0.905. The third-order valence-corrected chi connectivity index (χ3v) is 2.78. The van der Waals surface area contributed by atoms with E-state index in [1.165, 1.54) is 6.33 Å². The van der Waals surface area contributed by atoms with Crippen molar-refractivity contribution < 1.29 is 14.6 Å². The summed E-state index contributed by atoms with van der Waals surface area (Å²) in [7, 11) is 0. The predicted molar refractivity (Wildman–Crippen MR) is 74.0 cm³/mol. The van der Waals surface area contributed by atoms with Crippen molar-refractivity contribution in [1.29, 1.82) is 0 Å². The molecule has 1 aromatic carbocycles. The van der Waals surface area contributed by atoms with Gasteiger partial charge in [-0.2, -0.15) is 0 Å². The average Bonchev–Trinajstić information content (AvgIpc) is 2.41. The van der Waals surface area contributed by atoms with Crippen LogP contribution < -0.4 is 4.74 Å². The standard InChI is InChI=1S/C15H16N2O3/c1-10(2)12-8-14(17-9-16-12)20-13-6-4-3-5-11(13)7-15(18)19/h3-6,8-10H,7H2,1-2H3,(H,18,19). The Labute approximate surface area is 117 Å². The highest BCUT2D eigenvalue weighted by atomic mass is 16.5. The lowest BCUT2D eigenvalue weighted by Gasteiger charge is -2.10. The molecule has 0 saturated carbocycles. The van der Waals surface area contributed by atoms with Crippen LogP contribution in [0.15, 0.2) is 36.7 Å². The number of carboxylic acid groups (broad SMARTS) is 1. The van der Waals surface area contributed by atoms with Crippen LogP contribution in [0.4, 0.5) is 0 Å². The molecule has 0 radical (unpaired) electrons. The Kier molecular flexibility index (Phi) is 4.30. The maximum Gasteiger partial charge on any atom is 0.307 e. The zero-order valence-corrected chi connectivity index (χ0v) is 11.4. The van der Waals surface area contributed by atoms with Gasteiger partial charge in [-0.1, -0.05) is 32.0 Å². The number of aliphatic carboxylic acids is 1. The first kappa shape index (κ1) is 14.0. The van der Waals surface area contributed by atoms with E-state index in [0.29, 0.717) is 17.2 Å². The zero-order chi connectivity index (χ0) is 14.5. The molecule has 1 heterocycles. The van der Waals surface area contributed by atoms with Crippen molar-refractivity contribution in [2.75, 3.05) is 0 Å². The van der Waals surface area contributed by atoms with Crippen LogP contribution in [0.2, 0.25) is 0 Å². The molecule has 0 spiro atoms. The molecule has 0 atom stereocenters. The molecule has 5 nitrogen and oxygen atoms in total. The van der Waals surface area contributed by atoms with Gasteiger partial charge in [-0.3, -0.25) is 4.79 Å². The van der Waals surface area contributed by atoms with E-state index in [1.54, 1.807) is 30.3 Å². The summed E-state index contributed by atoms with van der Waals surface area (Å²) in [6.07, 6.45) is 1.36. The SMILES string of the molecule is CC(C)c1cc(Oc2ccccc2CC(=O)O)ncn1. The monoisotopic (exact) mass is 272 g/mol. The number of carboxylic acids is 1. The molecule has 0 fully saturated rings. The van der Waals surface area contributed by atoms with Crippen LogP contribution in [0, 0.1) is 0 Å². The molecule has 104 valence electrons. The fourth-order valence-electron chi connectivity index (χ4n) is 1.75. The molecular weight excluding hydrogens is 256 g/mol. The third kappa shape index (κ3) is 3.54. The van der Waals surface area contributed by atoms with Crippen LogP contribution >= 0.6 is 0 Å². The summed E-state index contributed by atoms with van der Waals surface area (Å²) in [6.45, 7) is 4.06. The highest BCUT2D eigenvalue weighted by Gasteiger charge is 2.10. The number of hydrogen-bond donors (Lipinski definition) is 1. The summed E-state index contributed by atoms with van der Waals surface area (Å²) in [5.41, 5.74) is 1.50. The second-order valence-corrected chi connectivity index (χ2v) is 4.72. The molecule has 0 aliphatic carbocycles. The number of ether oxygens (including phenoxy) is 1. The molecule has 0 bridgehead atoms. The van der Waals surface area contributed by atoms with Crippen LogP contribution in [0.3, 0.4) is 0 Å². The van der Waals surface area contributed by atoms with Crippen LogP contribution in [-0.4, -0.2) is 21.0 Å². The van der Waals surface area contributed by atoms with Gasteiger partial charge in [0.25, 0.3) is 0 Å². The Bertz CT molecular complexity index is 612. The lowest BCUT2D eigenvalue weighted by Crippen LogP contribution is -2.02. The smallest absolute Gasteiger partial charge is 0.307 e. The fraction of sp³-hybridized carbons (Fsp3) is 0.267. The van der Waals surface area contributed by atoms with Crippen molar-refractivity contribution in [3.8, 4) is 11.6 Å². The Morgan fingerprint density at radius 2 is 2.05 bits per heavy atom. The summed E-state index contributed by atoms with van der Waals surface area (Å²) in [5, 5.41) is 8.89. The van der Waals surface area contributed by atoms with Crippen molar-refractivity contribution in [1.82, 2.24) is 9.97 Å². The number of hydrogen-bond acceptors (Lipinski definition) is 4. The first-order chi connectivity index (χ1) is 9.56. The third-order valence-electron chi connectivity index (χ3n) is 2.78. The molecule has 0 aliphatic heterocycles. The summed E-state index contributed by atoms with van der Waals surface area (Å²) in [4.78, 5) is 19.1. The van der Waals surface area contributed by atoms with Crippen molar-refractivity contribution in [3.63, 3.8) is 0 Å². The maximum atomic E-state index is 10.8. The molecule has 1 N–H and O–H groups in total. The fourth-order valence-corrected chi connectivity index (χ4v) is 1.75. The predicted octanol–water partition coefficient (Wildman–Crippen LogP) is 3.02. The van der Waals surface area contributed by atoms with Crippen LogP contribution in [0.25, 0.3) is 0 Å². The van der Waals surface area contributed by atoms with Gasteiger partial charge in [-0.15, -0.1) is 0 Å². The molecule has 0 amide bonds. The van der Waals surface area contributed by atoms with Gasteiger partial charge in [-0.05, 0) is 12.0 Å². The number of rotatable bonds is 5. The Morgan fingerprint density at radius 3 is 2.75 bits per heavy atom. The van der Waals surface area contributed by atoms with Crippen molar-refractivity contribution in [2.24, 2.45) is 0 Å². The lowest BCUT2D eigenvalue weighted by atomic mass is 10.1. The van der Waals surface area contributed by atoms with Gasteiger partial charge < -0.3 is 9.84 Å². The molecule has 20 heavy (non-hydrogen) atoms. The highest BCUT2D eigenvalue weighted by Crippen LogP contribution is 2.25. The van der Waals surface area contributed by atoms with Gasteiger partial charge in [0, 0.05) is 11.6 Å². The minimum Gasteiger partial charge on any atom is -0.481 e. The first-order valence-electron chi connectivity index (χ1n) is 6.35. The van der Waals surface area contributed by atoms with E-state index in [-0.39, 0.29) is 12.3 Å². The molecule has 0 aliphatic rings. The molecule has 0 saturated heterocycles. The lowest BCUT2D eigenvalue weighted by molar-refractivity contribution is -0.136. The number of benzene rings is 1. The molecule has 5 heteroatoms. The summed E-state index contributed by atoms with van der Waals surface area (Å²) in [5.74, 6) is 0.297. The van der Waals surface area contributed by atoms with Gasteiger partial charge >= 0.3 is 5.97 Å². The van der Waals surface area contributed by atoms with E-state index in [0.717, 1.165) is 5.69 Å². The van der Waals surface area contributed by atoms with E-state index < -0.39 is 5.97 Å². The highest BCUT2D eigenvalue weighted by molar-refractivity contribution is 5.71. The van der Waals surface area contributed by atoms with Gasteiger partial charge in [0.05, 0.1) is 12.1 Å². The molecular formula is C15H16N2O3. The van der Waals surface area contributed by atoms with E-state index in [4.69, 9.17) is 9.84 Å². The minimum absolute atomic E-state index is 0.0850. The van der Waals surface area contributed by atoms with Crippen molar-refractivity contribution in [2.45, 2.75) is 26.2 Å². The van der Waals surface area contributed by atoms with Crippen molar-refractivity contribution >= 4 is 5.97 Å². The summed E-state index contributed by atoms with van der Waals surface area (Å²) >= 11 is 0. The number of aromatic nitrogens is 2. The Hall–Kier alpha value is -2.43. The van der Waals surface area contributed by atoms with Crippen LogP contribution in [-0.2, 0) is 11.2 Å². The summed E-state index contributed by atoms with van der Waals surface area (Å²) in [6, 6.07) is 8.81. The number of nitrogens with zero attached hydrogens (tertiary/aromatic N) is 2. The Balaban J connectivity index is 2.25. The first-order valence-corrected chi connectivity index (χ1v) is 6.35. The molecule has 2 rings (SSSR count). The normalized spacial score (nSPS) is 10.6. The summed E-state index contributed by atoms with van der Waals surface area (Å²) < 4.78 is 5.69. The largest absolute Gasteiger partial charge is 0.481 e. The van der Waals surface area contributed by atoms with Gasteiger partial charge in [-0.25, -0.2) is 9.97 Å². The molecule has 2 aromatic rings. The van der Waals surface area contributed by atoms with E-state index in [1.807, 2.05) is 13.8 Å². The Morgan fingerprint density at radius 1 is 1.30 bits per heavy atom. The van der Waals surface area contributed by atoms with E-state index in [2.05, 4.69) is 9.97 Å². The zero-order valence-electron chi connectivity index (χ0n) is 11.4. The minimum atomic E-state index is -0.897. The van der Waals surface area contributed by atoms with E-state index >= 15 is 0 Å². The second-order valence-electron chi connectivity index (χ2n) is 4.72. The van der Waals surface area contributed by atoms with Gasteiger partial charge in [0.1, 0.15) is 12.1 Å². The average molecular weight is 272 g/mol. The maximum absolute atomic E-state index is 10.8. The van der Waals surface area contributed by atoms with Gasteiger partial charge in [0.2, 0.25) is 5.88 Å². The van der Waals surface area contributed by atoms with Gasteiger partial charge in [0.15, 0.2) is 0 Å². The molecule has 0 unspecified atom stereocenters. The van der Waals surface area contributed by atoms with Crippen molar-refractivity contribution in [3.05, 3.63) is 47.9 Å². The second kappa shape index (κ2) is 6.14. The van der Waals surface area contributed by atoms with E-state index in [9.17, 15) is 4.79 Å². The topological polar surface area (TPSA) is 72.3 Å².